The first-order valence-corrected chi connectivity index (χ1v) is 8.91. The number of halogens is 5. The first kappa shape index (κ1) is 21.5. The highest BCUT2D eigenvalue weighted by Crippen LogP contribution is 2.24. The van der Waals surface area contributed by atoms with E-state index in [1.54, 1.807) is 11.5 Å². The monoisotopic (exact) mass is 431 g/mol. The summed E-state index contributed by atoms with van der Waals surface area (Å²) in [5.74, 6) is -3.20. The van der Waals surface area contributed by atoms with Gasteiger partial charge in [-0.2, -0.15) is 13.2 Å². The molecule has 1 aromatic heterocycles. The zero-order valence-electron chi connectivity index (χ0n) is 15.9. The average Bonchev–Trinajstić information content (AvgIpc) is 3.05. The molecule has 3 amide bonds. The van der Waals surface area contributed by atoms with E-state index >= 15 is 0 Å². The van der Waals surface area contributed by atoms with Gasteiger partial charge in [0, 0.05) is 24.3 Å². The van der Waals surface area contributed by atoms with Gasteiger partial charge in [0.1, 0.15) is 6.04 Å². The first-order valence-electron chi connectivity index (χ1n) is 8.91. The molecule has 0 fully saturated rings. The number of urea groups is 1. The number of hydrogen-bond donors (Lipinski definition) is 2. The zero-order chi connectivity index (χ0) is 22.2. The van der Waals surface area contributed by atoms with Crippen LogP contribution in [0.3, 0.4) is 0 Å². The van der Waals surface area contributed by atoms with Crippen LogP contribution < -0.4 is 10.6 Å². The van der Waals surface area contributed by atoms with E-state index in [1.807, 2.05) is 5.32 Å². The summed E-state index contributed by atoms with van der Waals surface area (Å²) in [5, 5.41) is 4.28. The summed E-state index contributed by atoms with van der Waals surface area (Å²) in [6.45, 7) is 2.67. The molecule has 0 spiro atoms. The molecule has 12 heteroatoms. The quantitative estimate of drug-likeness (QED) is 0.733. The van der Waals surface area contributed by atoms with Gasteiger partial charge in [0.05, 0.1) is 18.6 Å². The summed E-state index contributed by atoms with van der Waals surface area (Å²) >= 11 is 0. The van der Waals surface area contributed by atoms with Crippen molar-refractivity contribution in [2.45, 2.75) is 45.2 Å². The lowest BCUT2D eigenvalue weighted by Gasteiger charge is -2.34. The summed E-state index contributed by atoms with van der Waals surface area (Å²) in [4.78, 5) is 30.1. The van der Waals surface area contributed by atoms with Crippen LogP contribution in [-0.2, 0) is 13.1 Å². The van der Waals surface area contributed by atoms with Crippen molar-refractivity contribution in [1.29, 1.82) is 0 Å². The number of carbonyl (C=O) groups is 2. The number of nitrogens with zero attached hydrogens (tertiary/aromatic N) is 3. The molecule has 2 heterocycles. The van der Waals surface area contributed by atoms with E-state index in [9.17, 15) is 31.5 Å². The topological polar surface area (TPSA) is 79.3 Å². The summed E-state index contributed by atoms with van der Waals surface area (Å²) in [6.07, 6.45) is -3.29. The Labute approximate surface area is 167 Å². The van der Waals surface area contributed by atoms with Crippen molar-refractivity contribution in [3.63, 3.8) is 0 Å². The fourth-order valence-electron chi connectivity index (χ4n) is 3.01. The summed E-state index contributed by atoms with van der Waals surface area (Å²) in [7, 11) is 0. The molecule has 3 rings (SSSR count). The van der Waals surface area contributed by atoms with Crippen LogP contribution in [0.15, 0.2) is 24.5 Å². The van der Waals surface area contributed by atoms with Crippen molar-refractivity contribution in [2.75, 3.05) is 5.32 Å². The molecule has 30 heavy (non-hydrogen) atoms. The lowest BCUT2D eigenvalue weighted by molar-refractivity contribution is -0.149. The Morgan fingerprint density at radius 1 is 1.23 bits per heavy atom. The van der Waals surface area contributed by atoms with E-state index < -0.39 is 35.8 Å². The molecule has 1 aliphatic rings. The third kappa shape index (κ3) is 4.36. The van der Waals surface area contributed by atoms with Gasteiger partial charge in [-0.05, 0) is 26.0 Å². The number of alkyl halides is 3. The van der Waals surface area contributed by atoms with E-state index in [1.165, 1.54) is 17.3 Å². The molecular weight excluding hydrogens is 413 g/mol. The second kappa shape index (κ2) is 7.92. The van der Waals surface area contributed by atoms with E-state index in [0.717, 1.165) is 19.1 Å². The molecule has 2 N–H and O–H groups in total. The Balaban J connectivity index is 1.77. The standard InChI is InChI=1S/C18H18F5N5O2/c1-9-6-27-8-24-15(16(29)25-10(2)18(21,22)23)14(27)7-28(9)17(30)26-11-3-4-12(19)13(20)5-11/h3-5,8-10H,6-7H2,1-2H3,(H,25,29)(H,26,30)/t9-,10-/m1/s1. The maximum Gasteiger partial charge on any atom is 0.408 e. The predicted molar refractivity (Wildman–Crippen MR) is 95.6 cm³/mol. The molecule has 0 saturated heterocycles. The largest absolute Gasteiger partial charge is 0.408 e. The number of anilines is 1. The summed E-state index contributed by atoms with van der Waals surface area (Å²) in [6, 6.07) is -0.199. The highest BCUT2D eigenvalue weighted by Gasteiger charge is 2.38. The minimum Gasteiger partial charge on any atom is -0.339 e. The Morgan fingerprint density at radius 2 is 1.93 bits per heavy atom. The average molecular weight is 431 g/mol. The van der Waals surface area contributed by atoms with Crippen LogP contribution in [0.2, 0.25) is 0 Å². The van der Waals surface area contributed by atoms with Crippen molar-refractivity contribution in [3.05, 3.63) is 47.5 Å². The smallest absolute Gasteiger partial charge is 0.339 e. The Morgan fingerprint density at radius 3 is 2.57 bits per heavy atom. The molecule has 162 valence electrons. The van der Waals surface area contributed by atoms with Gasteiger partial charge in [0.25, 0.3) is 5.91 Å². The highest BCUT2D eigenvalue weighted by atomic mass is 19.4. The van der Waals surface area contributed by atoms with E-state index in [-0.39, 0.29) is 36.2 Å². The van der Waals surface area contributed by atoms with Crippen LogP contribution in [0.5, 0.6) is 0 Å². The summed E-state index contributed by atoms with van der Waals surface area (Å²) in [5.41, 5.74) is 0.0752. The number of carbonyl (C=O) groups excluding carboxylic acids is 2. The molecular formula is C18H18F5N5O2. The molecule has 0 bridgehead atoms. The molecule has 0 saturated carbocycles. The minimum atomic E-state index is -4.61. The van der Waals surface area contributed by atoms with Crippen LogP contribution in [-0.4, -0.2) is 44.6 Å². The maximum atomic E-state index is 13.4. The lowest BCUT2D eigenvalue weighted by atomic mass is 10.1. The van der Waals surface area contributed by atoms with Crippen LogP contribution in [0.1, 0.15) is 30.0 Å². The van der Waals surface area contributed by atoms with Crippen LogP contribution >= 0.6 is 0 Å². The number of imidazole rings is 1. The van der Waals surface area contributed by atoms with E-state index in [2.05, 4.69) is 10.3 Å². The summed E-state index contributed by atoms with van der Waals surface area (Å²) < 4.78 is 66.1. The molecule has 0 radical (unpaired) electrons. The molecule has 2 aromatic rings. The van der Waals surface area contributed by atoms with Crippen LogP contribution in [0, 0.1) is 11.6 Å². The second-order valence-corrected chi connectivity index (χ2v) is 6.96. The van der Waals surface area contributed by atoms with Crippen molar-refractivity contribution in [3.8, 4) is 0 Å². The Kier molecular flexibility index (Phi) is 5.68. The second-order valence-electron chi connectivity index (χ2n) is 6.96. The number of amides is 3. The number of hydrogen-bond acceptors (Lipinski definition) is 3. The zero-order valence-corrected chi connectivity index (χ0v) is 15.9. The van der Waals surface area contributed by atoms with Crippen molar-refractivity contribution in [2.24, 2.45) is 0 Å². The molecule has 2 atom stereocenters. The van der Waals surface area contributed by atoms with Crippen molar-refractivity contribution < 1.29 is 31.5 Å². The van der Waals surface area contributed by atoms with Crippen LogP contribution in [0.4, 0.5) is 32.4 Å². The van der Waals surface area contributed by atoms with Crippen molar-refractivity contribution in [1.82, 2.24) is 19.8 Å². The van der Waals surface area contributed by atoms with Crippen LogP contribution in [0.25, 0.3) is 0 Å². The molecule has 7 nitrogen and oxygen atoms in total. The predicted octanol–water partition coefficient (Wildman–Crippen LogP) is 3.28. The number of nitrogens with one attached hydrogen (secondary N) is 2. The third-order valence-electron chi connectivity index (χ3n) is 4.74. The minimum absolute atomic E-state index is 0.0298. The molecule has 0 aliphatic carbocycles. The van der Waals surface area contributed by atoms with E-state index in [4.69, 9.17) is 0 Å². The SMILES string of the molecule is C[C@@H]1Cn2cnc(C(=O)N[C@H](C)C(F)(F)F)c2CN1C(=O)Nc1ccc(F)c(F)c1. The number of rotatable bonds is 3. The Bertz CT molecular complexity index is 974. The number of benzene rings is 1. The highest BCUT2D eigenvalue weighted by molar-refractivity contribution is 5.94. The lowest BCUT2D eigenvalue weighted by Crippen LogP contribution is -2.47. The van der Waals surface area contributed by atoms with Gasteiger partial charge in [-0.3, -0.25) is 4.79 Å². The van der Waals surface area contributed by atoms with Gasteiger partial charge in [0.2, 0.25) is 0 Å². The van der Waals surface area contributed by atoms with Gasteiger partial charge in [0.15, 0.2) is 17.3 Å². The fraction of sp³-hybridized carbons (Fsp3) is 0.389. The van der Waals surface area contributed by atoms with Crippen molar-refractivity contribution >= 4 is 17.6 Å². The van der Waals surface area contributed by atoms with Gasteiger partial charge in [-0.15, -0.1) is 0 Å². The molecule has 1 aliphatic heterocycles. The number of fused-ring (bicyclic) bond motifs is 1. The van der Waals surface area contributed by atoms with Gasteiger partial charge in [-0.25, -0.2) is 18.6 Å². The molecule has 0 unspecified atom stereocenters. The van der Waals surface area contributed by atoms with Gasteiger partial charge >= 0.3 is 12.2 Å². The Hall–Kier alpha value is -3.18. The third-order valence-corrected chi connectivity index (χ3v) is 4.74. The number of aromatic nitrogens is 2. The van der Waals surface area contributed by atoms with E-state index in [0.29, 0.717) is 0 Å². The van der Waals surface area contributed by atoms with Gasteiger partial charge in [-0.1, -0.05) is 0 Å². The fourth-order valence-corrected chi connectivity index (χ4v) is 3.01. The first-order chi connectivity index (χ1) is 14.0. The molecule has 1 aromatic carbocycles. The normalized spacial score (nSPS) is 17.3. The maximum absolute atomic E-state index is 13.4. The van der Waals surface area contributed by atoms with Gasteiger partial charge < -0.3 is 20.1 Å².